The molecular formula is C22H25FN4O4S. The molecular weight excluding hydrogens is 435 g/mol. The molecule has 170 valence electrons. The summed E-state index contributed by atoms with van der Waals surface area (Å²) in [6, 6.07) is 5.22. The van der Waals surface area contributed by atoms with Crippen molar-refractivity contribution in [3.8, 4) is 22.8 Å². The first-order chi connectivity index (χ1) is 15.7. The van der Waals surface area contributed by atoms with E-state index in [0.29, 0.717) is 58.5 Å². The molecule has 2 fully saturated rings. The van der Waals surface area contributed by atoms with Crippen LogP contribution < -0.4 is 14.8 Å². The Morgan fingerprint density at radius 2 is 2.12 bits per heavy atom. The average molecular weight is 461 g/mol. The molecule has 0 aromatic carbocycles. The summed E-state index contributed by atoms with van der Waals surface area (Å²) in [6.07, 6.45) is 9.64. The topological polar surface area (TPSA) is 98.5 Å². The zero-order chi connectivity index (χ0) is 22.5. The SMILES string of the molecule is COc1nccc(OC2CCC2)c1-c1cn(SF)c2nc(NC=O)ccc12.OCC1CC1. The molecule has 0 bridgehead atoms. The molecule has 2 aliphatic carbocycles. The van der Waals surface area contributed by atoms with Gasteiger partial charge in [0.05, 0.1) is 18.8 Å². The zero-order valence-corrected chi connectivity index (χ0v) is 18.5. The first-order valence-corrected chi connectivity index (χ1v) is 11.2. The van der Waals surface area contributed by atoms with Crippen LogP contribution in [0.25, 0.3) is 22.2 Å². The van der Waals surface area contributed by atoms with Crippen molar-refractivity contribution in [3.63, 3.8) is 0 Å². The van der Waals surface area contributed by atoms with Gasteiger partial charge in [0.2, 0.25) is 12.3 Å². The summed E-state index contributed by atoms with van der Waals surface area (Å²) in [5.41, 5.74) is 1.73. The summed E-state index contributed by atoms with van der Waals surface area (Å²) in [6.45, 7) is 0.417. The van der Waals surface area contributed by atoms with E-state index in [0.717, 1.165) is 19.3 Å². The highest BCUT2D eigenvalue weighted by molar-refractivity contribution is 7.92. The lowest BCUT2D eigenvalue weighted by atomic mass is 9.96. The first-order valence-electron chi connectivity index (χ1n) is 10.5. The number of hydrogen-bond acceptors (Lipinski definition) is 7. The molecule has 2 saturated carbocycles. The maximum Gasteiger partial charge on any atom is 0.224 e. The normalized spacial score (nSPS) is 15.5. The van der Waals surface area contributed by atoms with Crippen molar-refractivity contribution >= 4 is 35.6 Å². The molecule has 8 nitrogen and oxygen atoms in total. The van der Waals surface area contributed by atoms with E-state index in [1.807, 2.05) is 0 Å². The third-order valence-corrected chi connectivity index (χ3v) is 5.97. The van der Waals surface area contributed by atoms with Crippen molar-refractivity contribution in [2.45, 2.75) is 38.2 Å². The van der Waals surface area contributed by atoms with Crippen molar-refractivity contribution in [1.82, 2.24) is 13.9 Å². The number of pyridine rings is 2. The largest absolute Gasteiger partial charge is 0.490 e. The number of fused-ring (bicyclic) bond motifs is 1. The van der Waals surface area contributed by atoms with Crippen molar-refractivity contribution in [2.24, 2.45) is 5.92 Å². The van der Waals surface area contributed by atoms with Crippen molar-refractivity contribution in [3.05, 3.63) is 30.6 Å². The van der Waals surface area contributed by atoms with Crippen molar-refractivity contribution in [1.29, 1.82) is 0 Å². The number of carbonyl (C=O) groups excluding carboxylic acids is 1. The Kier molecular flexibility index (Phi) is 7.11. The van der Waals surface area contributed by atoms with Gasteiger partial charge in [0.15, 0.2) is 18.0 Å². The average Bonchev–Trinajstić information content (AvgIpc) is 3.57. The van der Waals surface area contributed by atoms with Crippen LogP contribution in [0.5, 0.6) is 11.6 Å². The summed E-state index contributed by atoms with van der Waals surface area (Å²) in [5, 5.41) is 11.4. The Balaban J connectivity index is 0.000000433. The van der Waals surface area contributed by atoms with Crippen LogP contribution in [-0.4, -0.2) is 45.3 Å². The van der Waals surface area contributed by atoms with Gasteiger partial charge in [-0.1, -0.05) is 0 Å². The van der Waals surface area contributed by atoms with Crippen LogP contribution in [0.1, 0.15) is 32.1 Å². The molecule has 0 radical (unpaired) electrons. The number of amides is 1. The number of aromatic nitrogens is 3. The quantitative estimate of drug-likeness (QED) is 0.482. The molecule has 10 heteroatoms. The van der Waals surface area contributed by atoms with Gasteiger partial charge in [-0.25, -0.2) is 13.9 Å². The number of aliphatic hydroxyl groups is 1. The Labute approximate surface area is 189 Å². The molecule has 3 aromatic rings. The summed E-state index contributed by atoms with van der Waals surface area (Å²) in [5.74, 6) is 2.06. The second-order valence-corrected chi connectivity index (χ2v) is 8.29. The summed E-state index contributed by atoms with van der Waals surface area (Å²) in [4.78, 5) is 19.3. The van der Waals surface area contributed by atoms with Gasteiger partial charge in [-0.05, 0) is 56.2 Å². The summed E-state index contributed by atoms with van der Waals surface area (Å²) in [7, 11) is 1.53. The Hall–Kier alpha value is -2.85. The van der Waals surface area contributed by atoms with Gasteiger partial charge >= 0.3 is 0 Å². The van der Waals surface area contributed by atoms with Gasteiger partial charge < -0.3 is 19.9 Å². The number of aliphatic hydroxyl groups excluding tert-OH is 1. The van der Waals surface area contributed by atoms with Crippen LogP contribution in [0.3, 0.4) is 0 Å². The van der Waals surface area contributed by atoms with E-state index in [9.17, 15) is 8.68 Å². The monoisotopic (exact) mass is 460 g/mol. The molecule has 3 heterocycles. The van der Waals surface area contributed by atoms with Crippen LogP contribution in [0.15, 0.2) is 30.6 Å². The minimum Gasteiger partial charge on any atom is -0.490 e. The third-order valence-electron chi connectivity index (χ3n) is 5.54. The van der Waals surface area contributed by atoms with E-state index in [1.54, 1.807) is 30.6 Å². The number of ether oxygens (including phenoxy) is 2. The maximum absolute atomic E-state index is 13.5. The highest BCUT2D eigenvalue weighted by Gasteiger charge is 2.25. The third kappa shape index (κ3) is 4.81. The van der Waals surface area contributed by atoms with E-state index >= 15 is 0 Å². The number of nitrogens with zero attached hydrogens (tertiary/aromatic N) is 3. The molecule has 0 saturated heterocycles. The number of rotatable bonds is 8. The number of halogens is 1. The van der Waals surface area contributed by atoms with Gasteiger partial charge in [-0.3, -0.25) is 4.79 Å². The van der Waals surface area contributed by atoms with Crippen molar-refractivity contribution in [2.75, 3.05) is 19.0 Å². The predicted octanol–water partition coefficient (Wildman–Crippen LogP) is 4.38. The van der Waals surface area contributed by atoms with E-state index in [-0.39, 0.29) is 18.4 Å². The number of methoxy groups -OCH3 is 1. The standard InChI is InChI=1S/C18H17FN4O3S.C4H8O/c1-25-18-16(14(7-8-20-18)26-11-3-2-4-11)13-9-23(27-19)17-12(13)5-6-15(22-17)21-10-24;5-3-4-1-2-4/h5-11H,2-4H2,1H3,(H,21,22,24);4-5H,1-3H2. The van der Waals surface area contributed by atoms with Gasteiger partial charge in [-0.2, -0.15) is 0 Å². The molecule has 0 spiro atoms. The second kappa shape index (κ2) is 10.2. The summed E-state index contributed by atoms with van der Waals surface area (Å²) >= 11 is 0.0255. The fourth-order valence-electron chi connectivity index (χ4n) is 3.36. The second-order valence-electron chi connectivity index (χ2n) is 7.76. The van der Waals surface area contributed by atoms with Crippen LogP contribution in [0.4, 0.5) is 9.70 Å². The number of hydrogen-bond donors (Lipinski definition) is 2. The molecule has 0 aliphatic heterocycles. The lowest BCUT2D eigenvalue weighted by Gasteiger charge is -2.27. The number of carbonyl (C=O) groups is 1. The first kappa shape index (κ1) is 22.3. The Bertz CT molecular complexity index is 1090. The Morgan fingerprint density at radius 3 is 2.69 bits per heavy atom. The lowest BCUT2D eigenvalue weighted by Crippen LogP contribution is -2.24. The fourth-order valence-corrected chi connectivity index (χ4v) is 3.71. The van der Waals surface area contributed by atoms with Crippen LogP contribution in [0.2, 0.25) is 0 Å². The van der Waals surface area contributed by atoms with E-state index in [1.165, 1.54) is 23.9 Å². The van der Waals surface area contributed by atoms with E-state index in [2.05, 4.69) is 15.3 Å². The maximum atomic E-state index is 13.5. The number of nitrogens with one attached hydrogen (secondary N) is 1. The summed E-state index contributed by atoms with van der Waals surface area (Å²) < 4.78 is 26.4. The molecule has 1 amide bonds. The minimum absolute atomic E-state index is 0.0255. The Morgan fingerprint density at radius 1 is 1.31 bits per heavy atom. The molecule has 0 atom stereocenters. The van der Waals surface area contributed by atoms with Gasteiger partial charge in [0, 0.05) is 30.0 Å². The molecule has 2 N–H and O–H groups in total. The minimum atomic E-state index is 0.0255. The zero-order valence-electron chi connectivity index (χ0n) is 17.7. The fraction of sp³-hybridized carbons (Fsp3) is 0.409. The van der Waals surface area contributed by atoms with Gasteiger partial charge in [0.1, 0.15) is 11.6 Å². The molecule has 2 aliphatic rings. The van der Waals surface area contributed by atoms with Crippen LogP contribution in [0, 0.1) is 5.92 Å². The van der Waals surface area contributed by atoms with E-state index in [4.69, 9.17) is 14.6 Å². The highest BCUT2D eigenvalue weighted by atomic mass is 32.2. The molecule has 3 aromatic heterocycles. The highest BCUT2D eigenvalue weighted by Crippen LogP contribution is 2.43. The molecule has 0 unspecified atom stereocenters. The van der Waals surface area contributed by atoms with Gasteiger partial charge in [-0.15, -0.1) is 3.89 Å². The van der Waals surface area contributed by atoms with Crippen LogP contribution >= 0.6 is 12.3 Å². The number of anilines is 1. The lowest BCUT2D eigenvalue weighted by molar-refractivity contribution is -0.105. The molecule has 32 heavy (non-hydrogen) atoms. The predicted molar refractivity (Wildman–Crippen MR) is 121 cm³/mol. The van der Waals surface area contributed by atoms with Crippen molar-refractivity contribution < 1.29 is 23.3 Å². The van der Waals surface area contributed by atoms with Gasteiger partial charge in [0.25, 0.3) is 0 Å². The molecule has 5 rings (SSSR count). The smallest absolute Gasteiger partial charge is 0.224 e. The van der Waals surface area contributed by atoms with Crippen LogP contribution in [-0.2, 0) is 4.79 Å². The van der Waals surface area contributed by atoms with E-state index < -0.39 is 0 Å².